The predicted molar refractivity (Wildman–Crippen MR) is 81.2 cm³/mol. The van der Waals surface area contributed by atoms with Crippen LogP contribution in [0.25, 0.3) is 6.08 Å². The Hall–Kier alpha value is -2.88. The first-order valence-electron chi connectivity index (χ1n) is 6.64. The van der Waals surface area contributed by atoms with E-state index in [1.54, 1.807) is 18.2 Å². The lowest BCUT2D eigenvalue weighted by atomic mass is 10.1. The Morgan fingerprint density at radius 1 is 1.00 bits per heavy atom. The summed E-state index contributed by atoms with van der Waals surface area (Å²) < 4.78 is 0. The molecule has 1 heterocycles. The van der Waals surface area contributed by atoms with E-state index in [0.717, 1.165) is 11.1 Å². The summed E-state index contributed by atoms with van der Waals surface area (Å²) in [7, 11) is 0. The van der Waals surface area contributed by atoms with Crippen LogP contribution in [0.15, 0.2) is 60.2 Å². The molecule has 0 atom stereocenters. The van der Waals surface area contributed by atoms with E-state index in [9.17, 15) is 9.59 Å². The third kappa shape index (κ3) is 2.56. The average Bonchev–Trinajstić information content (AvgIpc) is 2.76. The fourth-order valence-corrected chi connectivity index (χ4v) is 2.24. The molecular weight excluding hydrogens is 264 g/mol. The van der Waals surface area contributed by atoms with Crippen LogP contribution in [0.4, 0.5) is 5.69 Å². The summed E-state index contributed by atoms with van der Waals surface area (Å²) in [6.07, 6.45) is 1.62. The molecule has 1 aliphatic heterocycles. The van der Waals surface area contributed by atoms with Gasteiger partial charge in [-0.3, -0.25) is 15.0 Å². The van der Waals surface area contributed by atoms with Gasteiger partial charge >= 0.3 is 0 Å². The van der Waals surface area contributed by atoms with Crippen molar-refractivity contribution < 1.29 is 9.59 Å². The Morgan fingerprint density at radius 3 is 2.48 bits per heavy atom. The molecule has 0 radical (unpaired) electrons. The lowest BCUT2D eigenvalue weighted by molar-refractivity contribution is -0.117. The molecule has 4 heteroatoms. The summed E-state index contributed by atoms with van der Waals surface area (Å²) in [5, 5.41) is 1.27. The molecule has 1 fully saturated rings. The molecule has 2 amide bonds. The molecule has 1 N–H and O–H groups in total. The Balaban J connectivity index is 1.94. The Bertz CT molecular complexity index is 735. The molecule has 104 valence electrons. The number of rotatable bonds is 2. The van der Waals surface area contributed by atoms with Gasteiger partial charge in [0, 0.05) is 0 Å². The van der Waals surface area contributed by atoms with Crippen molar-refractivity contribution in [1.29, 1.82) is 0 Å². The molecule has 21 heavy (non-hydrogen) atoms. The van der Waals surface area contributed by atoms with Gasteiger partial charge in [-0.25, -0.2) is 5.01 Å². The summed E-state index contributed by atoms with van der Waals surface area (Å²) in [6.45, 7) is 1.97. The predicted octanol–water partition coefficient (Wildman–Crippen LogP) is 2.46. The van der Waals surface area contributed by atoms with Gasteiger partial charge in [0.2, 0.25) is 0 Å². The number of amides is 2. The number of hydrazine groups is 1. The van der Waals surface area contributed by atoms with Gasteiger partial charge in [0.1, 0.15) is 5.57 Å². The number of para-hydroxylation sites is 1. The standard InChI is InChI=1S/C17H14N2O2/c1-12-6-5-7-13(10-12)11-15-16(20)18-19(17(15)21)14-8-3-2-4-9-14/h2-11H,1H3,(H,18,20)/b15-11-. The highest BCUT2D eigenvalue weighted by atomic mass is 16.2. The monoisotopic (exact) mass is 278 g/mol. The topological polar surface area (TPSA) is 49.4 Å². The number of nitrogens with zero attached hydrogens (tertiary/aromatic N) is 1. The molecule has 0 bridgehead atoms. The highest BCUT2D eigenvalue weighted by Gasteiger charge is 2.34. The van der Waals surface area contributed by atoms with Crippen molar-refractivity contribution in [2.24, 2.45) is 0 Å². The van der Waals surface area contributed by atoms with Gasteiger partial charge in [-0.2, -0.15) is 0 Å². The van der Waals surface area contributed by atoms with Gasteiger partial charge in [-0.1, -0.05) is 48.0 Å². The van der Waals surface area contributed by atoms with E-state index in [1.165, 1.54) is 5.01 Å². The Kier molecular flexibility index (Phi) is 3.28. The fraction of sp³-hybridized carbons (Fsp3) is 0.0588. The minimum absolute atomic E-state index is 0.143. The van der Waals surface area contributed by atoms with E-state index in [2.05, 4.69) is 5.43 Å². The minimum Gasteiger partial charge on any atom is -0.267 e. The van der Waals surface area contributed by atoms with Gasteiger partial charge in [0.15, 0.2) is 0 Å². The second kappa shape index (κ2) is 5.25. The molecule has 2 aromatic carbocycles. The number of carbonyl (C=O) groups is 2. The number of aryl methyl sites for hydroxylation is 1. The zero-order valence-electron chi connectivity index (χ0n) is 11.5. The lowest BCUT2D eigenvalue weighted by Crippen LogP contribution is -2.35. The van der Waals surface area contributed by atoms with Gasteiger partial charge < -0.3 is 0 Å². The third-order valence-corrected chi connectivity index (χ3v) is 3.26. The number of anilines is 1. The molecule has 1 aliphatic rings. The molecule has 0 saturated carbocycles. The van der Waals surface area contributed by atoms with Crippen molar-refractivity contribution in [3.8, 4) is 0 Å². The van der Waals surface area contributed by atoms with E-state index in [-0.39, 0.29) is 17.4 Å². The van der Waals surface area contributed by atoms with Gasteiger partial charge in [-0.15, -0.1) is 0 Å². The van der Waals surface area contributed by atoms with E-state index in [0.29, 0.717) is 5.69 Å². The van der Waals surface area contributed by atoms with Crippen molar-refractivity contribution in [2.75, 3.05) is 5.01 Å². The number of hydrogen-bond acceptors (Lipinski definition) is 2. The summed E-state index contributed by atoms with van der Waals surface area (Å²) in [5.41, 5.74) is 5.28. The summed E-state index contributed by atoms with van der Waals surface area (Å²) in [5.74, 6) is -0.724. The summed E-state index contributed by atoms with van der Waals surface area (Å²) in [6, 6.07) is 16.7. The SMILES string of the molecule is Cc1cccc(/C=C2/C(=O)NN(c3ccccc3)C2=O)c1. The molecule has 0 unspecified atom stereocenters. The van der Waals surface area contributed by atoms with Crippen molar-refractivity contribution in [3.05, 3.63) is 71.3 Å². The number of benzene rings is 2. The van der Waals surface area contributed by atoms with Crippen molar-refractivity contribution >= 4 is 23.6 Å². The van der Waals surface area contributed by atoms with Crippen LogP contribution in [0.5, 0.6) is 0 Å². The molecule has 0 aromatic heterocycles. The average molecular weight is 278 g/mol. The molecular formula is C17H14N2O2. The zero-order valence-corrected chi connectivity index (χ0v) is 11.5. The molecule has 0 aliphatic carbocycles. The van der Waals surface area contributed by atoms with Crippen LogP contribution >= 0.6 is 0 Å². The molecule has 3 rings (SSSR count). The highest BCUT2D eigenvalue weighted by Crippen LogP contribution is 2.21. The molecule has 1 saturated heterocycles. The summed E-state index contributed by atoms with van der Waals surface area (Å²) in [4.78, 5) is 24.4. The first kappa shape index (κ1) is 13.1. The van der Waals surface area contributed by atoms with Crippen LogP contribution in [-0.4, -0.2) is 11.8 Å². The van der Waals surface area contributed by atoms with Gasteiger partial charge in [0.25, 0.3) is 11.8 Å². The maximum Gasteiger partial charge on any atom is 0.282 e. The molecule has 2 aromatic rings. The van der Waals surface area contributed by atoms with Gasteiger partial charge in [0.05, 0.1) is 5.69 Å². The Morgan fingerprint density at radius 2 is 1.76 bits per heavy atom. The first-order valence-corrected chi connectivity index (χ1v) is 6.64. The normalized spacial score (nSPS) is 16.4. The highest BCUT2D eigenvalue weighted by molar-refractivity contribution is 6.31. The van der Waals surface area contributed by atoms with Crippen LogP contribution in [0, 0.1) is 6.92 Å². The number of nitrogens with one attached hydrogen (secondary N) is 1. The third-order valence-electron chi connectivity index (χ3n) is 3.26. The van der Waals surface area contributed by atoms with E-state index in [4.69, 9.17) is 0 Å². The fourth-order valence-electron chi connectivity index (χ4n) is 2.24. The number of carbonyl (C=O) groups excluding carboxylic acids is 2. The Labute approximate surface area is 122 Å². The van der Waals surface area contributed by atoms with Crippen LogP contribution in [0.2, 0.25) is 0 Å². The van der Waals surface area contributed by atoms with Crippen LogP contribution in [0.1, 0.15) is 11.1 Å². The largest absolute Gasteiger partial charge is 0.282 e. The van der Waals surface area contributed by atoms with Gasteiger partial charge in [-0.05, 0) is 30.7 Å². The van der Waals surface area contributed by atoms with Crippen molar-refractivity contribution in [3.63, 3.8) is 0 Å². The first-order chi connectivity index (χ1) is 10.1. The van der Waals surface area contributed by atoms with Crippen molar-refractivity contribution in [2.45, 2.75) is 6.92 Å². The molecule has 0 spiro atoms. The van der Waals surface area contributed by atoms with Crippen LogP contribution in [-0.2, 0) is 9.59 Å². The minimum atomic E-state index is -0.384. The summed E-state index contributed by atoms with van der Waals surface area (Å²) >= 11 is 0. The van der Waals surface area contributed by atoms with E-state index >= 15 is 0 Å². The van der Waals surface area contributed by atoms with Crippen LogP contribution < -0.4 is 10.4 Å². The van der Waals surface area contributed by atoms with Crippen molar-refractivity contribution in [1.82, 2.24) is 5.43 Å². The maximum atomic E-state index is 12.4. The lowest BCUT2D eigenvalue weighted by Gasteiger charge is -2.13. The van der Waals surface area contributed by atoms with Crippen LogP contribution in [0.3, 0.4) is 0 Å². The maximum absolute atomic E-state index is 12.4. The van der Waals surface area contributed by atoms with E-state index < -0.39 is 0 Å². The molecule has 4 nitrogen and oxygen atoms in total. The zero-order chi connectivity index (χ0) is 14.8. The quantitative estimate of drug-likeness (QED) is 0.677. The number of hydrogen-bond donors (Lipinski definition) is 1. The second-order valence-corrected chi connectivity index (χ2v) is 4.89. The smallest absolute Gasteiger partial charge is 0.267 e. The van der Waals surface area contributed by atoms with E-state index in [1.807, 2.05) is 49.4 Å². The second-order valence-electron chi connectivity index (χ2n) is 4.89.